The summed E-state index contributed by atoms with van der Waals surface area (Å²) >= 11 is 0. The average molecular weight is 404 g/mol. The molecule has 0 fully saturated rings. The Morgan fingerprint density at radius 2 is 0.967 bits per heavy atom. The van der Waals surface area contributed by atoms with Crippen LogP contribution in [-0.2, 0) is 0 Å². The van der Waals surface area contributed by atoms with Gasteiger partial charge in [-0.25, -0.2) is 0 Å². The molecule has 5 heteroatoms. The third-order valence-corrected chi connectivity index (χ3v) is 5.36. The first kappa shape index (κ1) is 19.7. The van der Waals surface area contributed by atoms with Crippen LogP contribution in [0.15, 0.2) is 54.6 Å². The van der Waals surface area contributed by atoms with Crippen LogP contribution >= 0.6 is 0 Å². The maximum atomic E-state index is 5.70. The molecule has 0 atom stereocenters. The van der Waals surface area contributed by atoms with Gasteiger partial charge in [-0.15, -0.1) is 0 Å². The number of benzene rings is 4. The molecule has 0 spiro atoms. The Hall–Kier alpha value is -3.60. The number of methoxy groups -OCH3 is 5. The molecule has 5 nitrogen and oxygen atoms in total. The Balaban J connectivity index is 2.11. The predicted molar refractivity (Wildman–Crippen MR) is 120 cm³/mol. The van der Waals surface area contributed by atoms with Gasteiger partial charge in [-0.2, -0.15) is 0 Å². The van der Waals surface area contributed by atoms with Crippen molar-refractivity contribution >= 4 is 21.5 Å². The van der Waals surface area contributed by atoms with Crippen LogP contribution in [0.1, 0.15) is 0 Å². The minimum Gasteiger partial charge on any atom is -0.496 e. The summed E-state index contributed by atoms with van der Waals surface area (Å²) in [4.78, 5) is 0. The predicted octanol–water partition coefficient (Wildman–Crippen LogP) is 5.70. The molecule has 0 saturated carbocycles. The average Bonchev–Trinajstić information content (AvgIpc) is 2.81. The van der Waals surface area contributed by atoms with Crippen molar-refractivity contribution in [3.63, 3.8) is 0 Å². The first-order valence-electron chi connectivity index (χ1n) is 9.53. The molecule has 0 aliphatic heterocycles. The molecule has 0 radical (unpaired) electrons. The molecule has 0 aromatic heterocycles. The van der Waals surface area contributed by atoms with E-state index < -0.39 is 0 Å². The van der Waals surface area contributed by atoms with E-state index in [0.29, 0.717) is 28.7 Å². The maximum absolute atomic E-state index is 5.70. The van der Waals surface area contributed by atoms with Gasteiger partial charge in [0.05, 0.1) is 35.5 Å². The summed E-state index contributed by atoms with van der Waals surface area (Å²) in [5.74, 6) is 3.36. The Morgan fingerprint density at radius 1 is 0.433 bits per heavy atom. The molecule has 0 amide bonds. The Morgan fingerprint density at radius 3 is 1.60 bits per heavy atom. The molecule has 0 N–H and O–H groups in total. The van der Waals surface area contributed by atoms with E-state index in [1.807, 2.05) is 36.4 Å². The molecule has 0 unspecified atom stereocenters. The third-order valence-electron chi connectivity index (χ3n) is 5.36. The third kappa shape index (κ3) is 3.12. The van der Waals surface area contributed by atoms with Crippen LogP contribution < -0.4 is 23.7 Å². The highest BCUT2D eigenvalue weighted by molar-refractivity contribution is 6.15. The van der Waals surface area contributed by atoms with Gasteiger partial charge in [0.1, 0.15) is 5.75 Å². The SMILES string of the molecule is COc1cc(OC)c(-c2cc3cc(OC)c(OC)cc3c3ccccc23)cc1OC. The van der Waals surface area contributed by atoms with Crippen molar-refractivity contribution in [3.05, 3.63) is 54.6 Å². The zero-order valence-electron chi connectivity index (χ0n) is 17.7. The normalized spacial score (nSPS) is 10.8. The smallest absolute Gasteiger partial charge is 0.164 e. The lowest BCUT2D eigenvalue weighted by Crippen LogP contribution is -1.96. The van der Waals surface area contributed by atoms with E-state index in [1.165, 1.54) is 0 Å². The minimum atomic E-state index is 0.620. The van der Waals surface area contributed by atoms with Crippen LogP contribution in [0.3, 0.4) is 0 Å². The van der Waals surface area contributed by atoms with Gasteiger partial charge in [-0.05, 0) is 51.4 Å². The molecule has 0 heterocycles. The summed E-state index contributed by atoms with van der Waals surface area (Å²) in [5, 5.41) is 4.34. The molecule has 0 saturated heterocycles. The Bertz CT molecular complexity index is 1230. The lowest BCUT2D eigenvalue weighted by Gasteiger charge is -2.17. The molecule has 0 bridgehead atoms. The fraction of sp³-hybridized carbons (Fsp3) is 0.200. The van der Waals surface area contributed by atoms with Gasteiger partial charge in [-0.1, -0.05) is 24.3 Å². The van der Waals surface area contributed by atoms with Crippen LogP contribution in [0.5, 0.6) is 28.7 Å². The molecular weight excluding hydrogens is 380 g/mol. The van der Waals surface area contributed by atoms with Crippen molar-refractivity contribution in [1.29, 1.82) is 0 Å². The topological polar surface area (TPSA) is 46.2 Å². The molecule has 154 valence electrons. The molecule has 0 aliphatic carbocycles. The number of ether oxygens (including phenoxy) is 5. The molecule has 30 heavy (non-hydrogen) atoms. The van der Waals surface area contributed by atoms with Crippen LogP contribution in [0.4, 0.5) is 0 Å². The molecule has 4 aromatic rings. The van der Waals surface area contributed by atoms with Gasteiger partial charge in [0.2, 0.25) is 0 Å². The van der Waals surface area contributed by atoms with E-state index in [2.05, 4.69) is 18.2 Å². The second kappa shape index (κ2) is 8.03. The van der Waals surface area contributed by atoms with Crippen LogP contribution in [0, 0.1) is 0 Å². The fourth-order valence-corrected chi connectivity index (χ4v) is 3.90. The second-order valence-electron chi connectivity index (χ2n) is 6.81. The summed E-state index contributed by atoms with van der Waals surface area (Å²) in [6, 6.07) is 18.2. The van der Waals surface area contributed by atoms with Crippen molar-refractivity contribution < 1.29 is 23.7 Å². The molecule has 4 rings (SSSR count). The number of fused-ring (bicyclic) bond motifs is 3. The van der Waals surface area contributed by atoms with Crippen molar-refractivity contribution in [3.8, 4) is 39.9 Å². The zero-order valence-corrected chi connectivity index (χ0v) is 17.7. The minimum absolute atomic E-state index is 0.620. The highest BCUT2D eigenvalue weighted by Crippen LogP contribution is 2.45. The number of hydrogen-bond donors (Lipinski definition) is 0. The van der Waals surface area contributed by atoms with E-state index in [1.54, 1.807) is 35.5 Å². The van der Waals surface area contributed by atoms with E-state index in [-0.39, 0.29) is 0 Å². The largest absolute Gasteiger partial charge is 0.496 e. The van der Waals surface area contributed by atoms with Crippen molar-refractivity contribution in [1.82, 2.24) is 0 Å². The van der Waals surface area contributed by atoms with Gasteiger partial charge >= 0.3 is 0 Å². The van der Waals surface area contributed by atoms with E-state index in [0.717, 1.165) is 32.7 Å². The Labute approximate surface area is 175 Å². The fourth-order valence-electron chi connectivity index (χ4n) is 3.90. The van der Waals surface area contributed by atoms with Crippen LogP contribution in [0.25, 0.3) is 32.7 Å². The van der Waals surface area contributed by atoms with Gasteiger partial charge in [-0.3, -0.25) is 0 Å². The quantitative estimate of drug-likeness (QED) is 0.386. The summed E-state index contributed by atoms with van der Waals surface area (Å²) < 4.78 is 27.8. The van der Waals surface area contributed by atoms with Gasteiger partial charge < -0.3 is 23.7 Å². The van der Waals surface area contributed by atoms with Crippen LogP contribution in [-0.4, -0.2) is 35.5 Å². The van der Waals surface area contributed by atoms with Crippen LogP contribution in [0.2, 0.25) is 0 Å². The first-order valence-corrected chi connectivity index (χ1v) is 9.53. The Kier molecular flexibility index (Phi) is 5.27. The zero-order chi connectivity index (χ0) is 21.3. The number of rotatable bonds is 6. The van der Waals surface area contributed by atoms with Crippen molar-refractivity contribution in [2.45, 2.75) is 0 Å². The highest BCUT2D eigenvalue weighted by Gasteiger charge is 2.18. The summed E-state index contributed by atoms with van der Waals surface area (Å²) in [7, 11) is 8.19. The standard InChI is InChI=1S/C25H24O5/c1-26-21-14-25(30-5)24(29-4)13-20(21)19-10-15-11-22(27-2)23(28-3)12-18(15)16-8-6-7-9-17(16)19/h6-14H,1-5H3. The monoisotopic (exact) mass is 404 g/mol. The summed E-state index contributed by atoms with van der Waals surface area (Å²) in [5.41, 5.74) is 1.95. The van der Waals surface area contributed by atoms with Crippen molar-refractivity contribution in [2.24, 2.45) is 0 Å². The lowest BCUT2D eigenvalue weighted by atomic mass is 9.92. The molecular formula is C25H24O5. The summed E-state index contributed by atoms with van der Waals surface area (Å²) in [6.07, 6.45) is 0. The van der Waals surface area contributed by atoms with E-state index in [4.69, 9.17) is 23.7 Å². The van der Waals surface area contributed by atoms with Gasteiger partial charge in [0.25, 0.3) is 0 Å². The highest BCUT2D eigenvalue weighted by atomic mass is 16.5. The number of hydrogen-bond acceptors (Lipinski definition) is 5. The molecule has 0 aliphatic rings. The van der Waals surface area contributed by atoms with E-state index in [9.17, 15) is 0 Å². The molecule has 4 aromatic carbocycles. The van der Waals surface area contributed by atoms with Gasteiger partial charge in [0, 0.05) is 11.6 Å². The summed E-state index contributed by atoms with van der Waals surface area (Å²) in [6.45, 7) is 0. The van der Waals surface area contributed by atoms with E-state index >= 15 is 0 Å². The van der Waals surface area contributed by atoms with Crippen molar-refractivity contribution in [2.75, 3.05) is 35.5 Å². The first-order chi connectivity index (χ1) is 14.6. The lowest BCUT2D eigenvalue weighted by molar-refractivity contribution is 0.349. The van der Waals surface area contributed by atoms with Gasteiger partial charge in [0.15, 0.2) is 23.0 Å². The maximum Gasteiger partial charge on any atom is 0.164 e. The second-order valence-corrected chi connectivity index (χ2v) is 6.81.